The molecule has 2 N–H and O–H groups in total. The molecule has 1 saturated heterocycles. The number of nitrogens with zero attached hydrogens (tertiary/aromatic N) is 1. The topological polar surface area (TPSA) is 78.9 Å². The number of β-amino-alcohol motifs (C(OH)–C–C–N with tert-alkyl or cyclic N) is 1. The first-order valence-electron chi connectivity index (χ1n) is 9.00. The van der Waals surface area contributed by atoms with Crippen LogP contribution in [0.2, 0.25) is 0 Å². The second kappa shape index (κ2) is 8.79. The summed E-state index contributed by atoms with van der Waals surface area (Å²) >= 11 is 0. The van der Waals surface area contributed by atoms with Gasteiger partial charge in [-0.15, -0.1) is 0 Å². The lowest BCUT2D eigenvalue weighted by molar-refractivity contribution is -0.138. The summed E-state index contributed by atoms with van der Waals surface area (Å²) in [6, 6.07) is 16.7. The van der Waals surface area contributed by atoms with Crippen molar-refractivity contribution in [3.8, 4) is 11.1 Å². The third kappa shape index (κ3) is 4.53. The second-order valence-electron chi connectivity index (χ2n) is 6.62. The Morgan fingerprint density at radius 1 is 1.15 bits per heavy atom. The summed E-state index contributed by atoms with van der Waals surface area (Å²) in [5.41, 5.74) is 2.37. The van der Waals surface area contributed by atoms with Crippen molar-refractivity contribution in [2.45, 2.75) is 18.6 Å². The lowest BCUT2D eigenvalue weighted by Crippen LogP contribution is -2.55. The molecular formula is C21H24N2O4. The van der Waals surface area contributed by atoms with E-state index in [0.717, 1.165) is 11.1 Å². The summed E-state index contributed by atoms with van der Waals surface area (Å²) in [5, 5.41) is 13.3. The molecule has 0 spiro atoms. The number of methoxy groups -OCH3 is 1. The molecule has 6 heteroatoms. The van der Waals surface area contributed by atoms with Crippen molar-refractivity contribution >= 4 is 11.8 Å². The van der Waals surface area contributed by atoms with E-state index in [4.69, 9.17) is 4.74 Å². The van der Waals surface area contributed by atoms with Crippen LogP contribution in [0.4, 0.5) is 0 Å². The van der Waals surface area contributed by atoms with E-state index in [-0.39, 0.29) is 25.0 Å². The maximum absolute atomic E-state index is 12.8. The molecule has 2 aromatic rings. The van der Waals surface area contributed by atoms with E-state index in [0.29, 0.717) is 18.5 Å². The highest BCUT2D eigenvalue weighted by Crippen LogP contribution is 2.24. The third-order valence-electron chi connectivity index (χ3n) is 4.78. The highest BCUT2D eigenvalue weighted by atomic mass is 16.5. The van der Waals surface area contributed by atoms with E-state index in [9.17, 15) is 14.7 Å². The Balaban J connectivity index is 1.69. The fraction of sp³-hybridized carbons (Fsp3) is 0.333. The van der Waals surface area contributed by atoms with E-state index in [1.807, 2.05) is 48.5 Å². The van der Waals surface area contributed by atoms with Gasteiger partial charge in [-0.3, -0.25) is 9.59 Å². The minimum atomic E-state index is -0.813. The van der Waals surface area contributed by atoms with Gasteiger partial charge in [0, 0.05) is 25.8 Å². The van der Waals surface area contributed by atoms with Crippen LogP contribution in [0.3, 0.4) is 0 Å². The normalized spacial score (nSPS) is 19.6. The largest absolute Gasteiger partial charge is 0.389 e. The predicted octanol–water partition coefficient (Wildman–Crippen LogP) is 1.69. The molecule has 3 rings (SSSR count). The molecule has 0 aromatic heterocycles. The van der Waals surface area contributed by atoms with Crippen LogP contribution in [0.1, 0.15) is 16.8 Å². The molecule has 0 unspecified atom stereocenters. The van der Waals surface area contributed by atoms with Crippen LogP contribution >= 0.6 is 0 Å². The number of carbonyl (C=O) groups is 2. The van der Waals surface area contributed by atoms with Crippen molar-refractivity contribution in [3.63, 3.8) is 0 Å². The van der Waals surface area contributed by atoms with Gasteiger partial charge in [0.1, 0.15) is 6.61 Å². The monoisotopic (exact) mass is 368 g/mol. The number of likely N-dealkylation sites (tertiary alicyclic amines) is 1. The minimum absolute atomic E-state index is 0.00576. The second-order valence-corrected chi connectivity index (χ2v) is 6.62. The van der Waals surface area contributed by atoms with Crippen LogP contribution in [0, 0.1) is 0 Å². The van der Waals surface area contributed by atoms with Gasteiger partial charge < -0.3 is 20.1 Å². The summed E-state index contributed by atoms with van der Waals surface area (Å²) in [7, 11) is 1.46. The lowest BCUT2D eigenvalue weighted by Gasteiger charge is -2.36. The highest BCUT2D eigenvalue weighted by Gasteiger charge is 2.31. The van der Waals surface area contributed by atoms with Crippen molar-refractivity contribution < 1.29 is 19.4 Å². The summed E-state index contributed by atoms with van der Waals surface area (Å²) < 4.78 is 4.85. The third-order valence-corrected chi connectivity index (χ3v) is 4.78. The molecule has 1 heterocycles. The quantitative estimate of drug-likeness (QED) is 0.842. The van der Waals surface area contributed by atoms with E-state index in [2.05, 4.69) is 5.32 Å². The number of ether oxygens (including phenoxy) is 1. The molecule has 0 saturated carbocycles. The number of benzene rings is 2. The maximum Gasteiger partial charge on any atom is 0.252 e. The molecule has 1 aliphatic rings. The van der Waals surface area contributed by atoms with Crippen molar-refractivity contribution in [2.24, 2.45) is 0 Å². The molecule has 1 aliphatic heterocycles. The zero-order chi connectivity index (χ0) is 19.2. The van der Waals surface area contributed by atoms with Gasteiger partial charge in [0.15, 0.2) is 0 Å². The lowest BCUT2D eigenvalue weighted by atomic mass is 9.97. The van der Waals surface area contributed by atoms with Crippen molar-refractivity contribution in [2.75, 3.05) is 26.8 Å². The summed E-state index contributed by atoms with van der Waals surface area (Å²) in [5.74, 6) is -0.383. The molecule has 2 aromatic carbocycles. The Hall–Kier alpha value is -2.70. The van der Waals surface area contributed by atoms with Gasteiger partial charge in [-0.05, 0) is 23.6 Å². The van der Waals surface area contributed by atoms with Crippen LogP contribution in [-0.4, -0.2) is 60.8 Å². The summed E-state index contributed by atoms with van der Waals surface area (Å²) in [4.78, 5) is 26.3. The first-order chi connectivity index (χ1) is 13.1. The van der Waals surface area contributed by atoms with Crippen LogP contribution < -0.4 is 5.32 Å². The molecule has 27 heavy (non-hydrogen) atoms. The first kappa shape index (κ1) is 19.1. The minimum Gasteiger partial charge on any atom is -0.389 e. The molecule has 2 atom stereocenters. The zero-order valence-electron chi connectivity index (χ0n) is 15.3. The standard InChI is InChI=1S/C21H24N2O4/c1-27-14-20(25)23-12-11-18(19(24)13-23)22-21(26)17-10-6-5-9-16(17)15-7-3-2-4-8-15/h2-10,18-19,24H,11-14H2,1H3,(H,22,26)/t18-,19-/m1/s1. The molecule has 2 amide bonds. The number of hydrogen-bond donors (Lipinski definition) is 2. The Labute approximate surface area is 158 Å². The average molecular weight is 368 g/mol. The smallest absolute Gasteiger partial charge is 0.252 e. The van der Waals surface area contributed by atoms with Crippen LogP contribution in [0.15, 0.2) is 54.6 Å². The van der Waals surface area contributed by atoms with Crippen molar-refractivity contribution in [1.82, 2.24) is 10.2 Å². The Kier molecular flexibility index (Phi) is 6.21. The molecule has 1 fully saturated rings. The molecule has 0 radical (unpaired) electrons. The van der Waals surface area contributed by atoms with Gasteiger partial charge >= 0.3 is 0 Å². The Morgan fingerprint density at radius 2 is 1.85 bits per heavy atom. The van der Waals surface area contributed by atoms with Crippen LogP contribution in [-0.2, 0) is 9.53 Å². The molecule has 142 valence electrons. The number of piperidine rings is 1. The van der Waals surface area contributed by atoms with Gasteiger partial charge in [0.2, 0.25) is 5.91 Å². The average Bonchev–Trinajstić information content (AvgIpc) is 2.70. The van der Waals surface area contributed by atoms with Gasteiger partial charge in [0.05, 0.1) is 12.1 Å². The molecule has 0 bridgehead atoms. The predicted molar refractivity (Wildman–Crippen MR) is 102 cm³/mol. The number of aliphatic hydroxyl groups is 1. The zero-order valence-corrected chi connectivity index (χ0v) is 15.3. The highest BCUT2D eigenvalue weighted by molar-refractivity contribution is 6.01. The van der Waals surface area contributed by atoms with Gasteiger partial charge in [0.25, 0.3) is 5.91 Å². The van der Waals surface area contributed by atoms with E-state index in [1.165, 1.54) is 7.11 Å². The number of nitrogens with one attached hydrogen (secondary N) is 1. The van der Waals surface area contributed by atoms with Crippen molar-refractivity contribution in [3.05, 3.63) is 60.2 Å². The van der Waals surface area contributed by atoms with Crippen LogP contribution in [0.5, 0.6) is 0 Å². The van der Waals surface area contributed by atoms with Gasteiger partial charge in [-0.2, -0.15) is 0 Å². The van der Waals surface area contributed by atoms with E-state index >= 15 is 0 Å². The molecule has 6 nitrogen and oxygen atoms in total. The number of hydrogen-bond acceptors (Lipinski definition) is 4. The number of carbonyl (C=O) groups excluding carboxylic acids is 2. The van der Waals surface area contributed by atoms with Crippen LogP contribution in [0.25, 0.3) is 11.1 Å². The SMILES string of the molecule is COCC(=O)N1CC[C@@H](NC(=O)c2ccccc2-c2ccccc2)[C@H](O)C1. The first-order valence-corrected chi connectivity index (χ1v) is 9.00. The van der Waals surface area contributed by atoms with Crippen molar-refractivity contribution in [1.29, 1.82) is 0 Å². The number of aliphatic hydroxyl groups excluding tert-OH is 1. The number of rotatable bonds is 5. The van der Waals surface area contributed by atoms with Gasteiger partial charge in [-0.1, -0.05) is 48.5 Å². The summed E-state index contributed by atoms with van der Waals surface area (Å²) in [6.07, 6.45) is -0.317. The van der Waals surface area contributed by atoms with Gasteiger partial charge in [-0.25, -0.2) is 0 Å². The fourth-order valence-electron chi connectivity index (χ4n) is 3.34. The Morgan fingerprint density at radius 3 is 2.56 bits per heavy atom. The number of amides is 2. The fourth-order valence-corrected chi connectivity index (χ4v) is 3.34. The summed E-state index contributed by atoms with van der Waals surface area (Å²) in [6.45, 7) is 0.659. The maximum atomic E-state index is 12.8. The molecule has 0 aliphatic carbocycles. The van der Waals surface area contributed by atoms with E-state index < -0.39 is 12.1 Å². The Bertz CT molecular complexity index is 794. The van der Waals surface area contributed by atoms with E-state index in [1.54, 1.807) is 11.0 Å². The molecular weight excluding hydrogens is 344 g/mol.